The summed E-state index contributed by atoms with van der Waals surface area (Å²) in [4.78, 5) is 17.0. The maximum absolute atomic E-state index is 11.8. The summed E-state index contributed by atoms with van der Waals surface area (Å²) in [6.45, 7) is 12.8. The third-order valence-corrected chi connectivity index (χ3v) is 5.12. The average molecular weight is 296 g/mol. The highest BCUT2D eigenvalue weighted by molar-refractivity contribution is 5.84. The Balaban J connectivity index is 1.92. The maximum atomic E-state index is 11.8. The number of carbonyl (C=O) groups excluding carboxylic acids is 1. The molecule has 2 aliphatic heterocycles. The summed E-state index contributed by atoms with van der Waals surface area (Å²) in [6.07, 6.45) is 3.43. The van der Waals surface area contributed by atoms with E-state index in [1.807, 2.05) is 6.92 Å². The van der Waals surface area contributed by atoms with Crippen LogP contribution in [0.2, 0.25) is 0 Å². The van der Waals surface area contributed by atoms with Crippen LogP contribution >= 0.6 is 0 Å². The molecule has 2 aliphatic rings. The van der Waals surface area contributed by atoms with Gasteiger partial charge < -0.3 is 11.1 Å². The first kappa shape index (κ1) is 16.7. The standard InChI is InChI=1S/C16H32N4O/c1-12(2)18-16(4,15(17)21)7-9-19-11-14-6-5-8-20(14)10-13(19)3/h12-14,18H,5-11H2,1-4H3,(H2,17,21). The Morgan fingerprint density at radius 2 is 2.14 bits per heavy atom. The van der Waals surface area contributed by atoms with Crippen LogP contribution in [0.4, 0.5) is 0 Å². The number of hydrogen-bond acceptors (Lipinski definition) is 4. The van der Waals surface area contributed by atoms with Gasteiger partial charge in [0.2, 0.25) is 5.91 Å². The average Bonchev–Trinajstić information content (AvgIpc) is 2.81. The van der Waals surface area contributed by atoms with E-state index in [4.69, 9.17) is 5.73 Å². The fraction of sp³-hybridized carbons (Fsp3) is 0.938. The summed E-state index contributed by atoms with van der Waals surface area (Å²) in [7, 11) is 0. The van der Waals surface area contributed by atoms with E-state index >= 15 is 0 Å². The van der Waals surface area contributed by atoms with Crippen LogP contribution in [0.3, 0.4) is 0 Å². The maximum Gasteiger partial charge on any atom is 0.237 e. The first-order valence-corrected chi connectivity index (χ1v) is 8.37. The molecule has 5 nitrogen and oxygen atoms in total. The molecule has 0 aromatic rings. The normalized spacial score (nSPS) is 30.3. The van der Waals surface area contributed by atoms with Crippen LogP contribution in [0, 0.1) is 0 Å². The SMILES string of the molecule is CC(C)NC(C)(CCN1CC2CCCN2CC1C)C(N)=O. The molecule has 0 radical (unpaired) electrons. The summed E-state index contributed by atoms with van der Waals surface area (Å²) in [5, 5.41) is 3.34. The first-order chi connectivity index (χ1) is 9.82. The van der Waals surface area contributed by atoms with Crippen molar-refractivity contribution < 1.29 is 4.79 Å². The van der Waals surface area contributed by atoms with Crippen molar-refractivity contribution in [3.05, 3.63) is 0 Å². The van der Waals surface area contributed by atoms with E-state index < -0.39 is 5.54 Å². The number of nitrogens with two attached hydrogens (primary N) is 1. The third-order valence-electron chi connectivity index (χ3n) is 5.12. The van der Waals surface area contributed by atoms with E-state index in [9.17, 15) is 4.79 Å². The molecule has 0 aromatic heterocycles. The molecule has 0 aliphatic carbocycles. The lowest BCUT2D eigenvalue weighted by atomic mass is 9.94. The van der Waals surface area contributed by atoms with Gasteiger partial charge in [-0.3, -0.25) is 14.6 Å². The van der Waals surface area contributed by atoms with Crippen molar-refractivity contribution in [2.24, 2.45) is 5.73 Å². The molecular weight excluding hydrogens is 264 g/mol. The molecule has 5 heteroatoms. The second-order valence-electron chi connectivity index (χ2n) is 7.38. The summed E-state index contributed by atoms with van der Waals surface area (Å²) < 4.78 is 0. The largest absolute Gasteiger partial charge is 0.368 e. The Kier molecular flexibility index (Phi) is 5.28. The number of primary amides is 1. The second-order valence-corrected chi connectivity index (χ2v) is 7.38. The number of hydrogen-bond donors (Lipinski definition) is 2. The molecule has 0 bridgehead atoms. The van der Waals surface area contributed by atoms with Gasteiger partial charge in [-0.1, -0.05) is 0 Å². The van der Waals surface area contributed by atoms with Gasteiger partial charge in [-0.2, -0.15) is 0 Å². The van der Waals surface area contributed by atoms with Crippen molar-refractivity contribution >= 4 is 5.91 Å². The third kappa shape index (κ3) is 3.96. The van der Waals surface area contributed by atoms with Crippen molar-refractivity contribution in [2.75, 3.05) is 26.2 Å². The lowest BCUT2D eigenvalue weighted by Crippen LogP contribution is -2.59. The zero-order chi connectivity index (χ0) is 15.6. The predicted octanol–water partition coefficient (Wildman–Crippen LogP) is 0.787. The number of piperazine rings is 1. The molecule has 3 unspecified atom stereocenters. The van der Waals surface area contributed by atoms with E-state index in [0.29, 0.717) is 6.04 Å². The highest BCUT2D eigenvalue weighted by Gasteiger charge is 2.37. The van der Waals surface area contributed by atoms with Gasteiger partial charge in [-0.15, -0.1) is 0 Å². The van der Waals surface area contributed by atoms with Gasteiger partial charge in [0.1, 0.15) is 0 Å². The van der Waals surface area contributed by atoms with E-state index in [0.717, 1.165) is 32.1 Å². The smallest absolute Gasteiger partial charge is 0.237 e. The zero-order valence-corrected chi connectivity index (χ0v) is 14.1. The monoisotopic (exact) mass is 296 g/mol. The molecule has 21 heavy (non-hydrogen) atoms. The van der Waals surface area contributed by atoms with Crippen LogP contribution in [0.25, 0.3) is 0 Å². The lowest BCUT2D eigenvalue weighted by Gasteiger charge is -2.43. The Morgan fingerprint density at radius 3 is 2.76 bits per heavy atom. The quantitative estimate of drug-likeness (QED) is 0.761. The molecule has 3 atom stereocenters. The number of nitrogens with one attached hydrogen (secondary N) is 1. The summed E-state index contributed by atoms with van der Waals surface area (Å²) in [5.74, 6) is -0.247. The molecule has 2 heterocycles. The number of fused-ring (bicyclic) bond motifs is 1. The molecule has 122 valence electrons. The minimum Gasteiger partial charge on any atom is -0.368 e. The number of rotatable bonds is 6. The van der Waals surface area contributed by atoms with Crippen molar-refractivity contribution in [1.82, 2.24) is 15.1 Å². The van der Waals surface area contributed by atoms with Crippen molar-refractivity contribution in [3.8, 4) is 0 Å². The predicted molar refractivity (Wildman–Crippen MR) is 86.1 cm³/mol. The Morgan fingerprint density at radius 1 is 1.43 bits per heavy atom. The minimum atomic E-state index is -0.610. The van der Waals surface area contributed by atoms with Crippen molar-refractivity contribution in [3.63, 3.8) is 0 Å². The van der Waals surface area contributed by atoms with Crippen LogP contribution in [0.15, 0.2) is 0 Å². The molecule has 3 N–H and O–H groups in total. The van der Waals surface area contributed by atoms with E-state index in [2.05, 4.69) is 35.9 Å². The molecular formula is C16H32N4O. The number of carbonyl (C=O) groups is 1. The summed E-state index contributed by atoms with van der Waals surface area (Å²) in [6, 6.07) is 1.54. The highest BCUT2D eigenvalue weighted by Crippen LogP contribution is 2.25. The molecule has 0 spiro atoms. The van der Waals surface area contributed by atoms with Crippen LogP contribution < -0.4 is 11.1 Å². The number of nitrogens with zero attached hydrogens (tertiary/aromatic N) is 2. The second kappa shape index (κ2) is 6.63. The van der Waals surface area contributed by atoms with Gasteiger partial charge in [-0.25, -0.2) is 0 Å². The van der Waals surface area contributed by atoms with Gasteiger partial charge in [0.05, 0.1) is 5.54 Å². The number of amides is 1. The topological polar surface area (TPSA) is 61.6 Å². The van der Waals surface area contributed by atoms with Gasteiger partial charge in [-0.05, 0) is 53.5 Å². The molecule has 2 saturated heterocycles. The van der Waals surface area contributed by atoms with Crippen molar-refractivity contribution in [1.29, 1.82) is 0 Å². The molecule has 1 amide bonds. The Hall–Kier alpha value is -0.650. The van der Waals surface area contributed by atoms with Crippen LogP contribution in [-0.2, 0) is 4.79 Å². The summed E-state index contributed by atoms with van der Waals surface area (Å²) in [5.41, 5.74) is 5.02. The lowest BCUT2D eigenvalue weighted by molar-refractivity contribution is -0.124. The van der Waals surface area contributed by atoms with Gasteiger partial charge in [0.15, 0.2) is 0 Å². The fourth-order valence-corrected chi connectivity index (χ4v) is 3.83. The summed E-state index contributed by atoms with van der Waals surface area (Å²) >= 11 is 0. The van der Waals surface area contributed by atoms with Gasteiger partial charge >= 0.3 is 0 Å². The highest BCUT2D eigenvalue weighted by atomic mass is 16.1. The van der Waals surface area contributed by atoms with Gasteiger partial charge in [0.25, 0.3) is 0 Å². The fourth-order valence-electron chi connectivity index (χ4n) is 3.83. The van der Waals surface area contributed by atoms with Gasteiger partial charge in [0, 0.05) is 37.8 Å². The van der Waals surface area contributed by atoms with E-state index in [-0.39, 0.29) is 11.9 Å². The van der Waals surface area contributed by atoms with Crippen molar-refractivity contribution in [2.45, 2.75) is 70.6 Å². The van der Waals surface area contributed by atoms with Crippen LogP contribution in [0.5, 0.6) is 0 Å². The van der Waals surface area contributed by atoms with E-state index in [1.165, 1.54) is 19.4 Å². The Bertz CT molecular complexity index is 373. The van der Waals surface area contributed by atoms with E-state index in [1.54, 1.807) is 0 Å². The molecule has 2 fully saturated rings. The first-order valence-electron chi connectivity index (χ1n) is 8.37. The molecule has 0 saturated carbocycles. The van der Waals surface area contributed by atoms with Crippen LogP contribution in [-0.4, -0.2) is 65.6 Å². The zero-order valence-electron chi connectivity index (χ0n) is 14.1. The molecule has 2 rings (SSSR count). The molecule has 0 aromatic carbocycles. The Labute approximate surface area is 129 Å². The van der Waals surface area contributed by atoms with Crippen LogP contribution in [0.1, 0.15) is 47.0 Å². The minimum absolute atomic E-state index is 0.247.